The molecule has 3 aromatic heterocycles. The minimum atomic E-state index is -0.151. The van der Waals surface area contributed by atoms with Crippen molar-refractivity contribution in [1.29, 1.82) is 0 Å². The van der Waals surface area contributed by atoms with Crippen LogP contribution in [0.3, 0.4) is 0 Å². The van der Waals surface area contributed by atoms with Crippen molar-refractivity contribution in [2.24, 2.45) is 0 Å². The molecule has 0 aliphatic rings. The molecule has 8 heteroatoms. The minimum Gasteiger partial charge on any atom is -0.493 e. The van der Waals surface area contributed by atoms with Gasteiger partial charge in [0.1, 0.15) is 12.1 Å². The number of ether oxygens (including phenoxy) is 2. The van der Waals surface area contributed by atoms with E-state index in [1.165, 1.54) is 0 Å². The van der Waals surface area contributed by atoms with Crippen LogP contribution in [-0.2, 0) is 6.54 Å². The number of carbonyl (C=O) groups excluding carboxylic acids is 1. The Kier molecular flexibility index (Phi) is 7.13. The van der Waals surface area contributed by atoms with Gasteiger partial charge < -0.3 is 14.8 Å². The molecule has 5 rings (SSSR count). The van der Waals surface area contributed by atoms with E-state index >= 15 is 0 Å². The monoisotopic (exact) mass is 479 g/mol. The third kappa shape index (κ3) is 5.67. The number of amides is 1. The number of carbonyl (C=O) groups is 1. The average Bonchev–Trinajstić information content (AvgIpc) is 3.36. The van der Waals surface area contributed by atoms with Gasteiger partial charge in [0.15, 0.2) is 0 Å². The van der Waals surface area contributed by atoms with Gasteiger partial charge in [-0.3, -0.25) is 14.3 Å². The number of pyridine rings is 2. The van der Waals surface area contributed by atoms with E-state index < -0.39 is 0 Å². The van der Waals surface area contributed by atoms with Crippen LogP contribution in [0, 0.1) is 0 Å². The highest BCUT2D eigenvalue weighted by Crippen LogP contribution is 2.22. The number of fused-ring (bicyclic) bond motifs is 1. The van der Waals surface area contributed by atoms with Crippen LogP contribution in [0.2, 0.25) is 0 Å². The maximum absolute atomic E-state index is 12.6. The van der Waals surface area contributed by atoms with Gasteiger partial charge in [-0.1, -0.05) is 12.1 Å². The number of imidazole rings is 1. The van der Waals surface area contributed by atoms with Gasteiger partial charge in [-0.25, -0.2) is 9.97 Å². The summed E-state index contributed by atoms with van der Waals surface area (Å²) in [5.74, 6) is 1.25. The highest BCUT2D eigenvalue weighted by Gasteiger charge is 2.10. The van der Waals surface area contributed by atoms with Gasteiger partial charge >= 0.3 is 0 Å². The highest BCUT2D eigenvalue weighted by molar-refractivity contribution is 5.97. The Morgan fingerprint density at radius 1 is 0.889 bits per heavy atom. The fourth-order valence-corrected chi connectivity index (χ4v) is 3.71. The Labute approximate surface area is 208 Å². The van der Waals surface area contributed by atoms with Crippen molar-refractivity contribution in [3.05, 3.63) is 109 Å². The summed E-state index contributed by atoms with van der Waals surface area (Å²) in [4.78, 5) is 25.3. The van der Waals surface area contributed by atoms with E-state index in [1.54, 1.807) is 31.0 Å². The minimum absolute atomic E-state index is 0.151. The number of hydrogen-bond donors (Lipinski definition) is 1. The first kappa shape index (κ1) is 23.0. The fraction of sp³-hybridized carbons (Fsp3) is 0.143. The number of nitrogens with one attached hydrogen (secondary N) is 1. The second kappa shape index (κ2) is 11.1. The predicted molar refractivity (Wildman–Crippen MR) is 136 cm³/mol. The molecular formula is C28H25N5O3. The summed E-state index contributed by atoms with van der Waals surface area (Å²) in [6.45, 7) is 1.51. The van der Waals surface area contributed by atoms with E-state index in [2.05, 4.69) is 20.3 Å². The number of benzene rings is 2. The lowest BCUT2D eigenvalue weighted by molar-refractivity contribution is 0.0951. The molecule has 0 saturated heterocycles. The third-order valence-corrected chi connectivity index (χ3v) is 5.55. The summed E-state index contributed by atoms with van der Waals surface area (Å²) in [6, 6.07) is 22.7. The lowest BCUT2D eigenvalue weighted by Crippen LogP contribution is -2.22. The molecule has 5 aromatic rings. The molecule has 0 bridgehead atoms. The molecule has 8 nitrogen and oxygen atoms in total. The SMILES string of the molecule is O=C(NCc1cccnc1)c1ccc2c(c1)ncn2-c1ccc(OCCCOc2ccccn2)cc1. The van der Waals surface area contributed by atoms with Gasteiger partial charge in [-0.05, 0) is 60.2 Å². The summed E-state index contributed by atoms with van der Waals surface area (Å²) in [5.41, 5.74) is 4.13. The largest absolute Gasteiger partial charge is 0.493 e. The molecule has 36 heavy (non-hydrogen) atoms. The number of hydrogen-bond acceptors (Lipinski definition) is 6. The summed E-state index contributed by atoms with van der Waals surface area (Å²) in [5, 5.41) is 2.92. The van der Waals surface area contributed by atoms with Crippen molar-refractivity contribution >= 4 is 16.9 Å². The molecule has 0 radical (unpaired) electrons. The second-order valence-electron chi connectivity index (χ2n) is 8.07. The smallest absolute Gasteiger partial charge is 0.251 e. The van der Waals surface area contributed by atoms with Gasteiger partial charge in [-0.2, -0.15) is 0 Å². The van der Waals surface area contributed by atoms with E-state index in [4.69, 9.17) is 9.47 Å². The quantitative estimate of drug-likeness (QED) is 0.295. The van der Waals surface area contributed by atoms with Crippen molar-refractivity contribution in [3.63, 3.8) is 0 Å². The summed E-state index contributed by atoms with van der Waals surface area (Å²) in [7, 11) is 0. The lowest BCUT2D eigenvalue weighted by Gasteiger charge is -2.09. The Bertz CT molecular complexity index is 1420. The van der Waals surface area contributed by atoms with Crippen LogP contribution in [0.25, 0.3) is 16.7 Å². The van der Waals surface area contributed by atoms with Crippen LogP contribution in [0.15, 0.2) is 97.7 Å². The maximum atomic E-state index is 12.6. The molecule has 1 amide bonds. The third-order valence-electron chi connectivity index (χ3n) is 5.55. The van der Waals surface area contributed by atoms with Crippen molar-refractivity contribution < 1.29 is 14.3 Å². The van der Waals surface area contributed by atoms with Crippen LogP contribution < -0.4 is 14.8 Å². The van der Waals surface area contributed by atoms with E-state index in [9.17, 15) is 4.79 Å². The zero-order valence-electron chi connectivity index (χ0n) is 19.6. The zero-order valence-corrected chi connectivity index (χ0v) is 19.6. The molecule has 180 valence electrons. The molecule has 0 aliphatic carbocycles. The van der Waals surface area contributed by atoms with Crippen LogP contribution in [-0.4, -0.2) is 38.6 Å². The highest BCUT2D eigenvalue weighted by atomic mass is 16.5. The van der Waals surface area contributed by atoms with Crippen LogP contribution >= 0.6 is 0 Å². The van der Waals surface area contributed by atoms with Crippen LogP contribution in [0.1, 0.15) is 22.3 Å². The topological polar surface area (TPSA) is 91.2 Å². The fourth-order valence-electron chi connectivity index (χ4n) is 3.71. The Morgan fingerprint density at radius 2 is 1.78 bits per heavy atom. The Morgan fingerprint density at radius 3 is 2.58 bits per heavy atom. The van der Waals surface area contributed by atoms with E-state index in [-0.39, 0.29) is 5.91 Å². The molecule has 0 spiro atoms. The average molecular weight is 480 g/mol. The maximum Gasteiger partial charge on any atom is 0.251 e. The van der Waals surface area contributed by atoms with Gasteiger partial charge in [0.2, 0.25) is 5.88 Å². The molecule has 0 aliphatic heterocycles. The number of aromatic nitrogens is 4. The van der Waals surface area contributed by atoms with Gasteiger partial charge in [-0.15, -0.1) is 0 Å². The van der Waals surface area contributed by atoms with Crippen molar-refractivity contribution in [2.45, 2.75) is 13.0 Å². The Balaban J connectivity index is 1.16. The van der Waals surface area contributed by atoms with Crippen LogP contribution in [0.5, 0.6) is 11.6 Å². The standard InChI is InChI=1S/C28H25N5O3/c34-28(31-19-21-5-3-13-29-18-21)22-7-12-26-25(17-22)32-20-33(26)23-8-10-24(11-9-23)35-15-4-16-36-27-6-1-2-14-30-27/h1-3,5-14,17-18,20H,4,15-16,19H2,(H,31,34). The number of rotatable bonds is 10. The van der Waals surface area contributed by atoms with Crippen LogP contribution in [0.4, 0.5) is 0 Å². The van der Waals surface area contributed by atoms with Crippen molar-refractivity contribution in [3.8, 4) is 17.3 Å². The van der Waals surface area contributed by atoms with Crippen molar-refractivity contribution in [2.75, 3.05) is 13.2 Å². The predicted octanol–water partition coefficient (Wildman–Crippen LogP) is 4.59. The molecular weight excluding hydrogens is 454 g/mol. The normalized spacial score (nSPS) is 10.8. The lowest BCUT2D eigenvalue weighted by atomic mass is 10.1. The number of nitrogens with zero attached hydrogens (tertiary/aromatic N) is 4. The first-order valence-corrected chi connectivity index (χ1v) is 11.7. The summed E-state index contributed by atoms with van der Waals surface area (Å²) in [6.07, 6.45) is 7.66. The van der Waals surface area contributed by atoms with Gasteiger partial charge in [0, 0.05) is 48.9 Å². The van der Waals surface area contributed by atoms with E-state index in [0.717, 1.165) is 34.5 Å². The first-order chi connectivity index (χ1) is 17.8. The Hall–Kier alpha value is -4.72. The molecule has 0 atom stereocenters. The molecule has 2 aromatic carbocycles. The van der Waals surface area contributed by atoms with Gasteiger partial charge in [0.05, 0.1) is 24.2 Å². The summed E-state index contributed by atoms with van der Waals surface area (Å²) >= 11 is 0. The van der Waals surface area contributed by atoms with Gasteiger partial charge in [0.25, 0.3) is 5.91 Å². The van der Waals surface area contributed by atoms with Crippen molar-refractivity contribution in [1.82, 2.24) is 24.8 Å². The van der Waals surface area contributed by atoms with E-state index in [1.807, 2.05) is 71.3 Å². The van der Waals surface area contributed by atoms with E-state index in [0.29, 0.717) is 31.2 Å². The zero-order chi connectivity index (χ0) is 24.6. The summed E-state index contributed by atoms with van der Waals surface area (Å²) < 4.78 is 13.4. The second-order valence-corrected chi connectivity index (χ2v) is 8.07. The molecule has 0 saturated carbocycles. The molecule has 0 fully saturated rings. The molecule has 1 N–H and O–H groups in total. The molecule has 0 unspecified atom stereocenters. The first-order valence-electron chi connectivity index (χ1n) is 11.7. The molecule has 3 heterocycles.